The summed E-state index contributed by atoms with van der Waals surface area (Å²) >= 11 is 1.06. The van der Waals surface area contributed by atoms with Gasteiger partial charge in [-0.1, -0.05) is 0 Å². The van der Waals surface area contributed by atoms with Crippen molar-refractivity contribution < 1.29 is 18.0 Å². The number of alkyl halides is 3. The second kappa shape index (κ2) is 8.43. The molecule has 32 heavy (non-hydrogen) atoms. The van der Waals surface area contributed by atoms with Crippen LogP contribution in [0.5, 0.6) is 0 Å². The van der Waals surface area contributed by atoms with Crippen LogP contribution >= 0.6 is 11.3 Å². The van der Waals surface area contributed by atoms with E-state index in [9.17, 15) is 18.0 Å². The number of amides is 1. The molecule has 1 aliphatic rings. The molecule has 8 nitrogen and oxygen atoms in total. The molecule has 2 aromatic heterocycles. The number of nitrogen functional groups attached to an aromatic ring is 1. The van der Waals surface area contributed by atoms with Crippen LogP contribution in [0.1, 0.15) is 29.0 Å². The average Bonchev–Trinajstić information content (AvgIpc) is 3.34. The van der Waals surface area contributed by atoms with Gasteiger partial charge in [-0.3, -0.25) is 9.48 Å². The summed E-state index contributed by atoms with van der Waals surface area (Å²) in [7, 11) is 1.40. The van der Waals surface area contributed by atoms with Crippen LogP contribution in [0.15, 0.2) is 29.6 Å². The second-order valence-corrected chi connectivity index (χ2v) is 8.51. The van der Waals surface area contributed by atoms with Crippen molar-refractivity contribution in [2.24, 2.45) is 12.8 Å². The fraction of sp³-hybridized carbons (Fsp3) is 0.350. The van der Waals surface area contributed by atoms with Crippen molar-refractivity contribution in [1.29, 1.82) is 0 Å². The first-order valence-corrected chi connectivity index (χ1v) is 10.8. The number of nitrogens with two attached hydrogens (primary N) is 2. The number of hydrogen-bond donors (Lipinski definition) is 3. The van der Waals surface area contributed by atoms with E-state index in [1.807, 2.05) is 6.07 Å². The first-order valence-electron chi connectivity index (χ1n) is 9.90. The van der Waals surface area contributed by atoms with Gasteiger partial charge in [0.15, 0.2) is 5.69 Å². The van der Waals surface area contributed by atoms with E-state index in [4.69, 9.17) is 11.5 Å². The number of aromatic nitrogens is 3. The fourth-order valence-corrected chi connectivity index (χ4v) is 4.49. The lowest BCUT2D eigenvalue weighted by Crippen LogP contribution is -2.43. The lowest BCUT2D eigenvalue weighted by atomic mass is 10.1. The number of anilines is 3. The molecular formula is C20H22F3N7OS. The Morgan fingerprint density at radius 1 is 1.31 bits per heavy atom. The molecule has 1 unspecified atom stereocenters. The third-order valence-corrected chi connectivity index (χ3v) is 6.06. The molecule has 170 valence electrons. The molecule has 0 saturated carbocycles. The number of benzene rings is 1. The van der Waals surface area contributed by atoms with Gasteiger partial charge in [0.05, 0.1) is 17.1 Å². The largest absolute Gasteiger partial charge is 0.435 e. The van der Waals surface area contributed by atoms with Crippen LogP contribution in [0.25, 0.3) is 10.7 Å². The summed E-state index contributed by atoms with van der Waals surface area (Å²) in [6, 6.07) is 6.22. The number of nitrogens with one attached hydrogen (secondary N) is 1. The molecule has 3 aromatic rings. The van der Waals surface area contributed by atoms with Gasteiger partial charge in [-0.15, -0.1) is 11.3 Å². The predicted octanol–water partition coefficient (Wildman–Crippen LogP) is 3.32. The van der Waals surface area contributed by atoms with E-state index in [2.05, 4.69) is 20.3 Å². The van der Waals surface area contributed by atoms with E-state index in [0.29, 0.717) is 17.9 Å². The monoisotopic (exact) mass is 465 g/mol. The van der Waals surface area contributed by atoms with Crippen LogP contribution < -0.4 is 21.7 Å². The van der Waals surface area contributed by atoms with E-state index in [0.717, 1.165) is 47.2 Å². The maximum atomic E-state index is 12.9. The van der Waals surface area contributed by atoms with E-state index < -0.39 is 17.8 Å². The third-order valence-electron chi connectivity index (χ3n) is 5.19. The van der Waals surface area contributed by atoms with Gasteiger partial charge in [-0.2, -0.15) is 18.3 Å². The summed E-state index contributed by atoms with van der Waals surface area (Å²) in [5, 5.41) is 8.07. The van der Waals surface area contributed by atoms with E-state index in [-0.39, 0.29) is 22.4 Å². The van der Waals surface area contributed by atoms with Gasteiger partial charge in [-0.25, -0.2) is 4.98 Å². The number of hydrogen-bond acceptors (Lipinski definition) is 7. The number of halogens is 3. The van der Waals surface area contributed by atoms with Gasteiger partial charge in [0.25, 0.3) is 5.91 Å². The number of piperidine rings is 1. The normalized spacial score (nSPS) is 16.9. The highest BCUT2D eigenvalue weighted by Gasteiger charge is 2.35. The van der Waals surface area contributed by atoms with Gasteiger partial charge >= 0.3 is 6.18 Å². The van der Waals surface area contributed by atoms with Gasteiger partial charge in [0, 0.05) is 37.2 Å². The molecule has 3 heterocycles. The van der Waals surface area contributed by atoms with Crippen molar-refractivity contribution in [3.63, 3.8) is 0 Å². The summed E-state index contributed by atoms with van der Waals surface area (Å²) in [5.41, 5.74) is 13.1. The molecule has 0 radical (unpaired) electrons. The van der Waals surface area contributed by atoms with Crippen LogP contribution in [-0.2, 0) is 13.2 Å². The van der Waals surface area contributed by atoms with Crippen LogP contribution in [-0.4, -0.2) is 39.8 Å². The summed E-state index contributed by atoms with van der Waals surface area (Å²) in [6.45, 7) is 1.47. The lowest BCUT2D eigenvalue weighted by molar-refractivity contribution is -0.141. The molecule has 1 amide bonds. The zero-order valence-electron chi connectivity index (χ0n) is 17.2. The van der Waals surface area contributed by atoms with Gasteiger partial charge < -0.3 is 21.7 Å². The molecule has 0 aliphatic carbocycles. The van der Waals surface area contributed by atoms with Crippen molar-refractivity contribution in [2.45, 2.75) is 25.1 Å². The Hall–Kier alpha value is -3.12. The van der Waals surface area contributed by atoms with Crippen molar-refractivity contribution >= 4 is 34.3 Å². The molecule has 4 rings (SSSR count). The second-order valence-electron chi connectivity index (χ2n) is 7.65. The minimum atomic E-state index is -4.56. The van der Waals surface area contributed by atoms with Crippen LogP contribution in [0.2, 0.25) is 0 Å². The highest BCUT2D eigenvalue weighted by Crippen LogP contribution is 2.33. The minimum absolute atomic E-state index is 0.0476. The molecule has 1 atom stereocenters. The Morgan fingerprint density at radius 3 is 2.78 bits per heavy atom. The highest BCUT2D eigenvalue weighted by atomic mass is 32.1. The summed E-state index contributed by atoms with van der Waals surface area (Å²) < 4.78 is 39.9. The third kappa shape index (κ3) is 4.55. The lowest BCUT2D eigenvalue weighted by Gasteiger charge is -2.34. The summed E-state index contributed by atoms with van der Waals surface area (Å²) in [5.74, 6) is -0.487. The SMILES string of the molecule is Cn1nc(C(F)(F)F)cc1-c1nc(C(=O)Nc2cc(N)ccc2N2CCCC(N)C2)cs1. The molecule has 1 saturated heterocycles. The first kappa shape index (κ1) is 22.1. The topological polar surface area (TPSA) is 115 Å². The molecular weight excluding hydrogens is 443 g/mol. The highest BCUT2D eigenvalue weighted by molar-refractivity contribution is 7.13. The molecule has 12 heteroatoms. The number of carbonyl (C=O) groups is 1. The molecule has 1 fully saturated rings. The van der Waals surface area contributed by atoms with Crippen molar-refractivity contribution in [3.05, 3.63) is 41.0 Å². The van der Waals surface area contributed by atoms with Gasteiger partial charge in [0.1, 0.15) is 10.7 Å². The van der Waals surface area contributed by atoms with Crippen molar-refractivity contribution in [3.8, 4) is 10.7 Å². The van der Waals surface area contributed by atoms with E-state index in [1.165, 1.54) is 12.4 Å². The number of rotatable bonds is 4. The zero-order chi connectivity index (χ0) is 23.0. The quantitative estimate of drug-likeness (QED) is 0.509. The van der Waals surface area contributed by atoms with Crippen LogP contribution in [0.3, 0.4) is 0 Å². The maximum Gasteiger partial charge on any atom is 0.435 e. The smallest absolute Gasteiger partial charge is 0.399 e. The summed E-state index contributed by atoms with van der Waals surface area (Å²) in [4.78, 5) is 19.2. The van der Waals surface area contributed by atoms with Crippen LogP contribution in [0, 0.1) is 0 Å². The Morgan fingerprint density at radius 2 is 2.09 bits per heavy atom. The number of carbonyl (C=O) groups excluding carboxylic acids is 1. The zero-order valence-corrected chi connectivity index (χ0v) is 18.0. The number of thiazole rings is 1. The predicted molar refractivity (Wildman–Crippen MR) is 118 cm³/mol. The Bertz CT molecular complexity index is 1140. The van der Waals surface area contributed by atoms with E-state index >= 15 is 0 Å². The van der Waals surface area contributed by atoms with Crippen molar-refractivity contribution in [1.82, 2.24) is 14.8 Å². The molecule has 5 N–H and O–H groups in total. The standard InChI is InChI=1S/C20H22F3N7OS/c1-29-16(8-17(28-29)20(21,22)23)19-27-14(10-32-19)18(31)26-13-7-11(24)4-5-15(13)30-6-2-3-12(25)9-30/h4-5,7-8,10,12H,2-3,6,9,24-25H2,1H3,(H,26,31). The van der Waals surface area contributed by atoms with Crippen LogP contribution in [0.4, 0.5) is 30.2 Å². The van der Waals surface area contributed by atoms with Gasteiger partial charge in [0.2, 0.25) is 0 Å². The Kier molecular flexibility index (Phi) is 5.82. The Balaban J connectivity index is 1.57. The maximum absolute atomic E-state index is 12.9. The molecule has 1 aliphatic heterocycles. The molecule has 1 aromatic carbocycles. The molecule has 0 spiro atoms. The summed E-state index contributed by atoms with van der Waals surface area (Å²) in [6.07, 6.45) is -2.67. The fourth-order valence-electron chi connectivity index (χ4n) is 3.65. The number of nitrogens with zero attached hydrogens (tertiary/aromatic N) is 4. The van der Waals surface area contributed by atoms with E-state index in [1.54, 1.807) is 12.1 Å². The Labute approximate surface area is 186 Å². The van der Waals surface area contributed by atoms with Crippen molar-refractivity contribution in [2.75, 3.05) is 29.0 Å². The van der Waals surface area contributed by atoms with Gasteiger partial charge in [-0.05, 0) is 37.1 Å². The first-order chi connectivity index (χ1) is 15.1. The average molecular weight is 466 g/mol. The minimum Gasteiger partial charge on any atom is -0.399 e. The number of aryl methyl sites for hydroxylation is 1. The molecule has 0 bridgehead atoms.